The van der Waals surface area contributed by atoms with Crippen LogP contribution in [0.25, 0.3) is 0 Å². The number of hydrogen-bond acceptors (Lipinski definition) is 5. The number of halogens is 3. The number of likely N-dealkylation sites (N-methyl/N-ethyl adjacent to an activating group) is 1. The highest BCUT2D eigenvalue weighted by Gasteiger charge is 2.31. The van der Waals surface area contributed by atoms with Gasteiger partial charge in [-0.05, 0) is 42.5 Å². The first-order valence-electron chi connectivity index (χ1n) is 8.26. The Morgan fingerprint density at radius 1 is 1.00 bits per heavy atom. The molecule has 0 atom stereocenters. The number of ether oxygens (including phenoxy) is 3. The van der Waals surface area contributed by atoms with Gasteiger partial charge in [0.15, 0.2) is 11.5 Å². The predicted molar refractivity (Wildman–Crippen MR) is 98.3 cm³/mol. The Balaban J connectivity index is 1.97. The maximum atomic E-state index is 12.5. The van der Waals surface area contributed by atoms with Crippen LogP contribution in [-0.2, 0) is 4.79 Å². The van der Waals surface area contributed by atoms with E-state index in [4.69, 9.17) is 9.47 Å². The molecule has 10 heteroatoms. The van der Waals surface area contributed by atoms with Crippen LogP contribution in [0.5, 0.6) is 17.2 Å². The first-order valence-corrected chi connectivity index (χ1v) is 8.26. The van der Waals surface area contributed by atoms with Crippen molar-refractivity contribution in [2.24, 2.45) is 0 Å². The highest BCUT2D eigenvalue weighted by Crippen LogP contribution is 2.28. The van der Waals surface area contributed by atoms with Gasteiger partial charge in [0.2, 0.25) is 5.91 Å². The Morgan fingerprint density at radius 3 is 2.17 bits per heavy atom. The first-order chi connectivity index (χ1) is 13.6. The monoisotopic (exact) mass is 412 g/mol. The summed E-state index contributed by atoms with van der Waals surface area (Å²) in [6.07, 6.45) is -4.79. The molecule has 0 aromatic heterocycles. The molecule has 0 heterocycles. The molecule has 2 rings (SSSR count). The lowest BCUT2D eigenvalue weighted by Gasteiger charge is -2.18. The lowest BCUT2D eigenvalue weighted by molar-refractivity contribution is -0.274. The minimum absolute atomic E-state index is 0.261. The van der Waals surface area contributed by atoms with Crippen molar-refractivity contribution in [3.8, 4) is 17.2 Å². The maximum Gasteiger partial charge on any atom is 0.573 e. The summed E-state index contributed by atoms with van der Waals surface area (Å²) >= 11 is 0. The maximum absolute atomic E-state index is 12.5. The summed E-state index contributed by atoms with van der Waals surface area (Å²) in [5.41, 5.74) is 0.558. The van der Waals surface area contributed by atoms with Gasteiger partial charge in [-0.1, -0.05) is 0 Å². The van der Waals surface area contributed by atoms with Crippen molar-refractivity contribution >= 4 is 17.5 Å². The quantitative estimate of drug-likeness (QED) is 0.755. The third-order valence-electron chi connectivity index (χ3n) is 3.73. The van der Waals surface area contributed by atoms with Gasteiger partial charge in [-0.15, -0.1) is 13.2 Å². The zero-order chi connectivity index (χ0) is 21.6. The molecule has 29 heavy (non-hydrogen) atoms. The van der Waals surface area contributed by atoms with E-state index in [1.807, 2.05) is 0 Å². The standard InChI is InChI=1S/C19H19F3N2O5/c1-24(18(26)12-4-9-15(27-2)16(10-12)28-3)11-17(25)23-13-5-7-14(8-6-13)29-19(20,21)22/h4-10H,11H2,1-3H3,(H,23,25). The van der Waals surface area contributed by atoms with E-state index < -0.39 is 23.9 Å². The van der Waals surface area contributed by atoms with E-state index in [9.17, 15) is 22.8 Å². The van der Waals surface area contributed by atoms with Gasteiger partial charge >= 0.3 is 6.36 Å². The van der Waals surface area contributed by atoms with Crippen molar-refractivity contribution in [2.75, 3.05) is 33.1 Å². The average molecular weight is 412 g/mol. The van der Waals surface area contributed by atoms with Crippen LogP contribution in [0.2, 0.25) is 0 Å². The molecule has 156 valence electrons. The van der Waals surface area contributed by atoms with E-state index in [0.717, 1.165) is 12.1 Å². The third kappa shape index (κ3) is 6.30. The molecule has 2 aromatic carbocycles. The van der Waals surface area contributed by atoms with E-state index in [2.05, 4.69) is 10.1 Å². The minimum Gasteiger partial charge on any atom is -0.493 e. The molecule has 0 saturated heterocycles. The van der Waals surface area contributed by atoms with Gasteiger partial charge in [0, 0.05) is 18.3 Å². The van der Waals surface area contributed by atoms with E-state index in [-0.39, 0.29) is 12.2 Å². The molecule has 0 aliphatic heterocycles. The van der Waals surface area contributed by atoms with Gasteiger partial charge < -0.3 is 24.4 Å². The summed E-state index contributed by atoms with van der Waals surface area (Å²) in [5, 5.41) is 2.50. The largest absolute Gasteiger partial charge is 0.573 e. The van der Waals surface area contributed by atoms with Crippen molar-refractivity contribution in [1.82, 2.24) is 4.90 Å². The molecule has 2 amide bonds. The Labute approximate surface area is 165 Å². The number of anilines is 1. The van der Waals surface area contributed by atoms with Crippen molar-refractivity contribution in [1.29, 1.82) is 0 Å². The Morgan fingerprint density at radius 2 is 1.62 bits per heavy atom. The summed E-state index contributed by atoms with van der Waals surface area (Å²) in [6, 6.07) is 9.27. The summed E-state index contributed by atoms with van der Waals surface area (Å²) in [4.78, 5) is 25.8. The Kier molecular flexibility index (Phi) is 6.92. The van der Waals surface area contributed by atoms with Crippen molar-refractivity contribution in [3.63, 3.8) is 0 Å². The molecule has 2 aromatic rings. The van der Waals surface area contributed by atoms with Crippen LogP contribution < -0.4 is 19.5 Å². The third-order valence-corrected chi connectivity index (χ3v) is 3.73. The number of nitrogens with zero attached hydrogens (tertiary/aromatic N) is 1. The molecule has 0 saturated carbocycles. The van der Waals surface area contributed by atoms with Crippen LogP contribution in [0.3, 0.4) is 0 Å². The topological polar surface area (TPSA) is 77.1 Å². The number of amides is 2. The van der Waals surface area contributed by atoms with Crippen molar-refractivity contribution < 1.29 is 37.0 Å². The molecular formula is C19H19F3N2O5. The van der Waals surface area contributed by atoms with Crippen molar-refractivity contribution in [2.45, 2.75) is 6.36 Å². The van der Waals surface area contributed by atoms with Gasteiger partial charge in [-0.3, -0.25) is 9.59 Å². The molecule has 0 aliphatic carbocycles. The lowest BCUT2D eigenvalue weighted by Crippen LogP contribution is -2.34. The number of hydrogen-bond donors (Lipinski definition) is 1. The number of rotatable bonds is 7. The molecule has 0 fully saturated rings. The summed E-state index contributed by atoms with van der Waals surface area (Å²) in [7, 11) is 4.35. The van der Waals surface area contributed by atoms with Crippen LogP contribution in [0.1, 0.15) is 10.4 Å². The number of carbonyl (C=O) groups excluding carboxylic acids is 2. The van der Waals surface area contributed by atoms with Crippen LogP contribution >= 0.6 is 0 Å². The number of alkyl halides is 3. The molecule has 0 bridgehead atoms. The van der Waals surface area contributed by atoms with E-state index in [1.54, 1.807) is 6.07 Å². The Hall–Kier alpha value is -3.43. The fourth-order valence-electron chi connectivity index (χ4n) is 2.42. The zero-order valence-electron chi connectivity index (χ0n) is 15.9. The predicted octanol–water partition coefficient (Wildman–Crippen LogP) is 3.31. The second kappa shape index (κ2) is 9.18. The molecule has 0 aliphatic rings. The number of nitrogens with one attached hydrogen (secondary N) is 1. The molecule has 0 spiro atoms. The summed E-state index contributed by atoms with van der Waals surface area (Å²) < 4.78 is 50.5. The average Bonchev–Trinajstić information content (AvgIpc) is 2.67. The van der Waals surface area contributed by atoms with Gasteiger partial charge in [0.1, 0.15) is 5.75 Å². The number of carbonyl (C=O) groups is 2. The highest BCUT2D eigenvalue weighted by atomic mass is 19.4. The lowest BCUT2D eigenvalue weighted by atomic mass is 10.1. The Bertz CT molecular complexity index is 869. The minimum atomic E-state index is -4.79. The fourth-order valence-corrected chi connectivity index (χ4v) is 2.42. The highest BCUT2D eigenvalue weighted by molar-refractivity contribution is 5.99. The second-order valence-corrected chi connectivity index (χ2v) is 5.85. The van der Waals surface area contributed by atoms with Gasteiger partial charge in [-0.25, -0.2) is 0 Å². The summed E-state index contributed by atoms with van der Waals surface area (Å²) in [6.45, 7) is -0.270. The second-order valence-electron chi connectivity index (χ2n) is 5.85. The van der Waals surface area contributed by atoms with E-state index >= 15 is 0 Å². The summed E-state index contributed by atoms with van der Waals surface area (Å²) in [5.74, 6) is -0.517. The smallest absolute Gasteiger partial charge is 0.493 e. The molecule has 1 N–H and O–H groups in total. The zero-order valence-corrected chi connectivity index (χ0v) is 15.9. The first kappa shape index (κ1) is 21.9. The number of benzene rings is 2. The van der Waals surface area contributed by atoms with Crippen LogP contribution in [0.15, 0.2) is 42.5 Å². The van der Waals surface area contributed by atoms with Crippen LogP contribution in [0, 0.1) is 0 Å². The van der Waals surface area contributed by atoms with Crippen LogP contribution in [-0.4, -0.2) is 50.9 Å². The SMILES string of the molecule is COc1ccc(C(=O)N(C)CC(=O)Nc2ccc(OC(F)(F)F)cc2)cc1OC. The molecular weight excluding hydrogens is 393 g/mol. The van der Waals surface area contributed by atoms with Gasteiger partial charge in [0.05, 0.1) is 20.8 Å². The molecule has 0 radical (unpaired) electrons. The van der Waals surface area contributed by atoms with E-state index in [0.29, 0.717) is 17.1 Å². The van der Waals surface area contributed by atoms with Crippen molar-refractivity contribution in [3.05, 3.63) is 48.0 Å². The van der Waals surface area contributed by atoms with Gasteiger partial charge in [0.25, 0.3) is 5.91 Å². The van der Waals surface area contributed by atoms with Gasteiger partial charge in [-0.2, -0.15) is 0 Å². The number of methoxy groups -OCH3 is 2. The molecule has 0 unspecified atom stereocenters. The van der Waals surface area contributed by atoms with Crippen LogP contribution in [0.4, 0.5) is 18.9 Å². The fraction of sp³-hybridized carbons (Fsp3) is 0.263. The molecule has 7 nitrogen and oxygen atoms in total. The van der Waals surface area contributed by atoms with E-state index in [1.165, 1.54) is 50.4 Å². The normalized spacial score (nSPS) is 10.8.